The van der Waals surface area contributed by atoms with Gasteiger partial charge in [-0.1, -0.05) is 18.2 Å². The molecule has 1 aliphatic heterocycles. The number of para-hydroxylation sites is 1. The molecule has 3 rings (SSSR count). The number of hydrogen-bond donors (Lipinski definition) is 1. The predicted octanol–water partition coefficient (Wildman–Crippen LogP) is 1.62. The van der Waals surface area contributed by atoms with Gasteiger partial charge in [-0.3, -0.25) is 9.59 Å². The lowest BCUT2D eigenvalue weighted by Crippen LogP contribution is -2.51. The zero-order valence-corrected chi connectivity index (χ0v) is 14.4. The Morgan fingerprint density at radius 3 is 2.68 bits per heavy atom. The Kier molecular flexibility index (Phi) is 5.02. The number of likely N-dealkylation sites (tertiary alicyclic amines) is 1. The molecule has 0 spiro atoms. The molecule has 1 atom stereocenters. The van der Waals surface area contributed by atoms with Crippen LogP contribution in [-0.2, 0) is 4.79 Å². The lowest BCUT2D eigenvalue weighted by atomic mass is 10.0. The topological polar surface area (TPSA) is 76.5 Å². The van der Waals surface area contributed by atoms with Crippen LogP contribution in [0.2, 0.25) is 0 Å². The lowest BCUT2D eigenvalue weighted by Gasteiger charge is -2.34. The van der Waals surface area contributed by atoms with E-state index >= 15 is 0 Å². The number of benzene rings is 1. The minimum Gasteiger partial charge on any atom is -0.493 e. The molecule has 1 aliphatic rings. The third-order valence-electron chi connectivity index (χ3n) is 4.44. The first-order valence-electron chi connectivity index (χ1n) is 8.37. The number of aromatic nitrogens is 2. The van der Waals surface area contributed by atoms with Crippen LogP contribution in [0.15, 0.2) is 36.5 Å². The lowest BCUT2D eigenvalue weighted by molar-refractivity contribution is -0.126. The van der Waals surface area contributed by atoms with Gasteiger partial charge < -0.3 is 15.0 Å². The summed E-state index contributed by atoms with van der Waals surface area (Å²) in [7, 11) is 3.10. The highest BCUT2D eigenvalue weighted by molar-refractivity contribution is 5.98. The van der Waals surface area contributed by atoms with Gasteiger partial charge in [-0.2, -0.15) is 5.10 Å². The van der Waals surface area contributed by atoms with Crippen LogP contribution in [-0.4, -0.2) is 53.2 Å². The van der Waals surface area contributed by atoms with Crippen LogP contribution < -0.4 is 10.1 Å². The predicted molar refractivity (Wildman–Crippen MR) is 92.9 cm³/mol. The number of likely N-dealkylation sites (N-methyl/N-ethyl adjacent to an activating group) is 1. The largest absolute Gasteiger partial charge is 0.493 e. The molecule has 0 radical (unpaired) electrons. The number of amides is 2. The van der Waals surface area contributed by atoms with Crippen molar-refractivity contribution in [1.82, 2.24) is 20.0 Å². The van der Waals surface area contributed by atoms with Crippen molar-refractivity contribution in [3.8, 4) is 11.4 Å². The van der Waals surface area contributed by atoms with E-state index in [4.69, 9.17) is 4.74 Å². The van der Waals surface area contributed by atoms with E-state index in [1.54, 1.807) is 22.8 Å². The third kappa shape index (κ3) is 3.35. The average molecular weight is 342 g/mol. The molecule has 7 nitrogen and oxygen atoms in total. The molecule has 7 heteroatoms. The quantitative estimate of drug-likeness (QED) is 0.916. The second-order valence-electron chi connectivity index (χ2n) is 5.95. The minimum absolute atomic E-state index is 0.144. The molecule has 1 fully saturated rings. The van der Waals surface area contributed by atoms with Crippen molar-refractivity contribution in [2.75, 3.05) is 20.7 Å². The maximum atomic E-state index is 13.0. The molecule has 2 amide bonds. The third-order valence-corrected chi connectivity index (χ3v) is 4.44. The molecule has 1 aromatic heterocycles. The maximum Gasteiger partial charge on any atom is 0.278 e. The van der Waals surface area contributed by atoms with Gasteiger partial charge in [-0.25, -0.2) is 4.68 Å². The van der Waals surface area contributed by atoms with Crippen LogP contribution in [0.25, 0.3) is 5.69 Å². The van der Waals surface area contributed by atoms with Crippen molar-refractivity contribution in [2.24, 2.45) is 0 Å². The second-order valence-corrected chi connectivity index (χ2v) is 5.95. The van der Waals surface area contributed by atoms with Gasteiger partial charge in [0.1, 0.15) is 6.04 Å². The number of methoxy groups -OCH3 is 1. The number of rotatable bonds is 4. The fourth-order valence-corrected chi connectivity index (χ4v) is 3.12. The van der Waals surface area contributed by atoms with Crippen LogP contribution >= 0.6 is 0 Å². The van der Waals surface area contributed by atoms with Crippen molar-refractivity contribution in [3.05, 3.63) is 42.2 Å². The molecule has 2 heterocycles. The Bertz CT molecular complexity index is 757. The molecular formula is C18H22N4O3. The van der Waals surface area contributed by atoms with Gasteiger partial charge >= 0.3 is 0 Å². The maximum absolute atomic E-state index is 13.0. The van der Waals surface area contributed by atoms with Gasteiger partial charge in [0.25, 0.3) is 5.91 Å². The number of ether oxygens (including phenoxy) is 1. The number of carbonyl (C=O) groups excluding carboxylic acids is 2. The summed E-state index contributed by atoms with van der Waals surface area (Å²) in [5.41, 5.74) is 1.06. The zero-order chi connectivity index (χ0) is 17.8. The number of carbonyl (C=O) groups is 2. The molecule has 0 bridgehead atoms. The molecule has 0 saturated carbocycles. The Labute approximate surface area is 146 Å². The molecule has 132 valence electrons. The van der Waals surface area contributed by atoms with E-state index in [9.17, 15) is 9.59 Å². The number of hydrogen-bond acceptors (Lipinski definition) is 4. The van der Waals surface area contributed by atoms with E-state index in [1.165, 1.54) is 7.11 Å². The van der Waals surface area contributed by atoms with Gasteiger partial charge in [-0.05, 0) is 31.4 Å². The summed E-state index contributed by atoms with van der Waals surface area (Å²) in [6.45, 7) is 0.540. The molecule has 25 heavy (non-hydrogen) atoms. The van der Waals surface area contributed by atoms with E-state index in [0.717, 1.165) is 18.5 Å². The average Bonchev–Trinajstić information content (AvgIpc) is 3.12. The van der Waals surface area contributed by atoms with E-state index in [2.05, 4.69) is 10.4 Å². The van der Waals surface area contributed by atoms with Crippen molar-refractivity contribution >= 4 is 11.8 Å². The fraction of sp³-hybridized carbons (Fsp3) is 0.389. The monoisotopic (exact) mass is 342 g/mol. The Balaban J connectivity index is 1.93. The van der Waals surface area contributed by atoms with Crippen LogP contribution in [0.3, 0.4) is 0 Å². The molecule has 0 aliphatic carbocycles. The summed E-state index contributed by atoms with van der Waals surface area (Å²) in [6.07, 6.45) is 4.15. The summed E-state index contributed by atoms with van der Waals surface area (Å²) in [4.78, 5) is 26.8. The first kappa shape index (κ1) is 17.0. The molecule has 1 saturated heterocycles. The van der Waals surface area contributed by atoms with Gasteiger partial charge in [0.05, 0.1) is 19.0 Å². The fourth-order valence-electron chi connectivity index (χ4n) is 3.12. The summed E-state index contributed by atoms with van der Waals surface area (Å²) in [5, 5.41) is 7.06. The normalized spacial score (nSPS) is 17.2. The Morgan fingerprint density at radius 1 is 1.24 bits per heavy atom. The van der Waals surface area contributed by atoms with Crippen molar-refractivity contribution in [1.29, 1.82) is 0 Å². The van der Waals surface area contributed by atoms with Gasteiger partial charge in [-0.15, -0.1) is 0 Å². The number of nitrogens with one attached hydrogen (secondary N) is 1. The molecular weight excluding hydrogens is 320 g/mol. The minimum atomic E-state index is -0.460. The summed E-state index contributed by atoms with van der Waals surface area (Å²) in [5.74, 6) is -0.0237. The first-order chi connectivity index (χ1) is 12.2. The number of nitrogens with zero attached hydrogens (tertiary/aromatic N) is 3. The molecule has 0 unspecified atom stereocenters. The highest BCUT2D eigenvalue weighted by Gasteiger charge is 2.34. The van der Waals surface area contributed by atoms with E-state index < -0.39 is 6.04 Å². The van der Waals surface area contributed by atoms with Gasteiger partial charge in [0, 0.05) is 13.6 Å². The van der Waals surface area contributed by atoms with Gasteiger partial charge in [0.2, 0.25) is 5.91 Å². The zero-order valence-electron chi connectivity index (χ0n) is 14.4. The standard InChI is InChI=1S/C18H22N4O3/c1-19-17(23)14-10-6-7-11-21(14)18(24)16-15(25-2)12-22(20-16)13-8-4-3-5-9-13/h3-5,8-9,12,14H,6-7,10-11H2,1-2H3,(H,19,23)/t14-/m0/s1. The van der Waals surface area contributed by atoms with Crippen LogP contribution in [0.4, 0.5) is 0 Å². The van der Waals surface area contributed by atoms with Crippen molar-refractivity contribution in [3.63, 3.8) is 0 Å². The highest BCUT2D eigenvalue weighted by Crippen LogP contribution is 2.25. The van der Waals surface area contributed by atoms with E-state index in [1.807, 2.05) is 30.3 Å². The summed E-state index contributed by atoms with van der Waals surface area (Å²) in [6, 6.07) is 9.05. The smallest absolute Gasteiger partial charge is 0.278 e. The van der Waals surface area contributed by atoms with Crippen molar-refractivity contribution < 1.29 is 14.3 Å². The molecule has 1 N–H and O–H groups in total. The van der Waals surface area contributed by atoms with Crippen LogP contribution in [0.1, 0.15) is 29.8 Å². The summed E-state index contributed by atoms with van der Waals surface area (Å²) >= 11 is 0. The van der Waals surface area contributed by atoms with E-state index in [0.29, 0.717) is 18.7 Å². The molecule has 2 aromatic rings. The van der Waals surface area contributed by atoms with Gasteiger partial charge in [0.15, 0.2) is 11.4 Å². The van der Waals surface area contributed by atoms with Crippen LogP contribution in [0, 0.1) is 0 Å². The van der Waals surface area contributed by atoms with Crippen LogP contribution in [0.5, 0.6) is 5.75 Å². The van der Waals surface area contributed by atoms with E-state index in [-0.39, 0.29) is 17.5 Å². The Hall–Kier alpha value is -2.83. The van der Waals surface area contributed by atoms with Crippen molar-refractivity contribution in [2.45, 2.75) is 25.3 Å². The summed E-state index contributed by atoms with van der Waals surface area (Å²) < 4.78 is 6.97. The number of piperidine rings is 1. The SMILES string of the molecule is CNC(=O)[C@@H]1CCCCN1C(=O)c1nn(-c2ccccc2)cc1OC. The first-order valence-corrected chi connectivity index (χ1v) is 8.37. The Morgan fingerprint density at radius 2 is 2.00 bits per heavy atom. The highest BCUT2D eigenvalue weighted by atomic mass is 16.5. The second kappa shape index (κ2) is 7.38. The molecule has 1 aromatic carbocycles.